The standard InChI is InChI=1S/C10H6BrClN2O4S2/c11-8-4-13-10(19-8)14-20(17,18)7-3-5(9(15)16)1-2-6(7)12/h1-4H,(H,13,14)(H,15,16). The third-order valence-corrected chi connectivity index (χ3v) is 5.51. The number of nitrogens with zero attached hydrogens (tertiary/aromatic N) is 1. The second-order valence-electron chi connectivity index (χ2n) is 3.53. The van der Waals surface area contributed by atoms with Crippen LogP contribution in [0.1, 0.15) is 10.4 Å². The van der Waals surface area contributed by atoms with Crippen LogP contribution in [0.3, 0.4) is 0 Å². The Bertz CT molecular complexity index is 775. The van der Waals surface area contributed by atoms with Crippen LogP contribution in [0, 0.1) is 0 Å². The number of aromatic carboxylic acids is 1. The number of hydrogen-bond donors (Lipinski definition) is 2. The van der Waals surface area contributed by atoms with Crippen LogP contribution in [0.25, 0.3) is 0 Å². The van der Waals surface area contributed by atoms with Crippen molar-refractivity contribution in [1.82, 2.24) is 4.98 Å². The van der Waals surface area contributed by atoms with Gasteiger partial charge in [0.1, 0.15) is 4.90 Å². The van der Waals surface area contributed by atoms with Crippen LogP contribution in [0.15, 0.2) is 33.1 Å². The summed E-state index contributed by atoms with van der Waals surface area (Å²) in [7, 11) is -4.00. The number of sulfonamides is 1. The summed E-state index contributed by atoms with van der Waals surface area (Å²) in [5, 5.41) is 8.96. The molecule has 0 saturated heterocycles. The molecule has 10 heteroatoms. The van der Waals surface area contributed by atoms with E-state index in [2.05, 4.69) is 25.6 Å². The normalized spacial score (nSPS) is 11.3. The van der Waals surface area contributed by atoms with Crippen molar-refractivity contribution in [2.75, 3.05) is 4.72 Å². The molecule has 2 N–H and O–H groups in total. The maximum atomic E-state index is 12.2. The Labute approximate surface area is 131 Å². The lowest BCUT2D eigenvalue weighted by Gasteiger charge is -2.07. The van der Waals surface area contributed by atoms with Crippen LogP contribution < -0.4 is 4.72 Å². The zero-order chi connectivity index (χ0) is 14.9. The van der Waals surface area contributed by atoms with Gasteiger partial charge < -0.3 is 5.11 Å². The van der Waals surface area contributed by atoms with E-state index < -0.39 is 16.0 Å². The number of nitrogens with one attached hydrogen (secondary N) is 1. The van der Waals surface area contributed by atoms with Crippen LogP contribution in [-0.2, 0) is 10.0 Å². The van der Waals surface area contributed by atoms with Gasteiger partial charge in [-0.2, -0.15) is 0 Å². The highest BCUT2D eigenvalue weighted by molar-refractivity contribution is 9.11. The van der Waals surface area contributed by atoms with E-state index in [4.69, 9.17) is 16.7 Å². The monoisotopic (exact) mass is 396 g/mol. The number of carbonyl (C=O) groups is 1. The van der Waals surface area contributed by atoms with Crippen molar-refractivity contribution in [3.63, 3.8) is 0 Å². The zero-order valence-corrected chi connectivity index (χ0v) is 13.5. The summed E-state index contributed by atoms with van der Waals surface area (Å²) in [4.78, 5) is 14.4. The third-order valence-electron chi connectivity index (χ3n) is 2.17. The number of aromatic nitrogens is 1. The van der Waals surface area contributed by atoms with Gasteiger partial charge in [0.25, 0.3) is 10.0 Å². The molecule has 0 bridgehead atoms. The highest BCUT2D eigenvalue weighted by atomic mass is 79.9. The molecule has 6 nitrogen and oxygen atoms in total. The SMILES string of the molecule is O=C(O)c1ccc(Cl)c(S(=O)(=O)Nc2ncc(Br)s2)c1. The summed E-state index contributed by atoms with van der Waals surface area (Å²) in [6, 6.07) is 3.44. The molecular formula is C10H6BrClN2O4S2. The summed E-state index contributed by atoms with van der Waals surface area (Å²) in [6.07, 6.45) is 1.44. The average molecular weight is 398 g/mol. The van der Waals surface area contributed by atoms with Crippen molar-refractivity contribution in [2.45, 2.75) is 4.90 Å². The maximum Gasteiger partial charge on any atom is 0.335 e. The summed E-state index contributed by atoms with van der Waals surface area (Å²) in [5.41, 5.74) is -0.171. The number of benzene rings is 1. The molecule has 106 valence electrons. The van der Waals surface area contributed by atoms with Gasteiger partial charge in [-0.25, -0.2) is 18.2 Å². The summed E-state index contributed by atoms with van der Waals surface area (Å²) < 4.78 is 27.2. The first kappa shape index (κ1) is 15.2. The van der Waals surface area contributed by atoms with Gasteiger partial charge in [0, 0.05) is 0 Å². The molecule has 0 fully saturated rings. The van der Waals surface area contributed by atoms with Gasteiger partial charge in [-0.3, -0.25) is 4.72 Å². The van der Waals surface area contributed by atoms with E-state index in [9.17, 15) is 13.2 Å². The summed E-state index contributed by atoms with van der Waals surface area (Å²) in [6.45, 7) is 0. The summed E-state index contributed by atoms with van der Waals surface area (Å²) in [5.74, 6) is -1.24. The molecule has 1 aromatic heterocycles. The Morgan fingerprint density at radius 3 is 2.70 bits per heavy atom. The number of carboxylic acids is 1. The topological polar surface area (TPSA) is 96.4 Å². The predicted octanol–water partition coefficient (Wildman–Crippen LogP) is 3.06. The number of rotatable bonds is 4. The molecule has 20 heavy (non-hydrogen) atoms. The average Bonchev–Trinajstić information content (AvgIpc) is 2.73. The molecule has 1 aromatic carbocycles. The van der Waals surface area contributed by atoms with E-state index in [-0.39, 0.29) is 20.6 Å². The van der Waals surface area contributed by atoms with E-state index in [1.165, 1.54) is 18.3 Å². The molecule has 0 aliphatic heterocycles. The highest BCUT2D eigenvalue weighted by Crippen LogP contribution is 2.28. The number of carboxylic acid groups (broad SMARTS) is 1. The molecule has 0 unspecified atom stereocenters. The molecule has 0 aliphatic rings. The minimum absolute atomic E-state index is 0.0712. The first-order valence-corrected chi connectivity index (χ1v) is 8.43. The summed E-state index contributed by atoms with van der Waals surface area (Å²) >= 11 is 10.1. The first-order chi connectivity index (χ1) is 9.29. The van der Waals surface area contributed by atoms with Crippen LogP contribution >= 0.6 is 38.9 Å². The number of anilines is 1. The van der Waals surface area contributed by atoms with Gasteiger partial charge in [0.2, 0.25) is 0 Å². The Morgan fingerprint density at radius 1 is 1.45 bits per heavy atom. The van der Waals surface area contributed by atoms with E-state index in [0.29, 0.717) is 3.79 Å². The van der Waals surface area contributed by atoms with Crippen LogP contribution in [0.2, 0.25) is 5.02 Å². The van der Waals surface area contributed by atoms with E-state index in [1.54, 1.807) is 0 Å². The van der Waals surface area contributed by atoms with Gasteiger partial charge >= 0.3 is 5.97 Å². The van der Waals surface area contributed by atoms with Crippen molar-refractivity contribution in [2.24, 2.45) is 0 Å². The fraction of sp³-hybridized carbons (Fsp3) is 0. The molecule has 0 amide bonds. The molecule has 0 spiro atoms. The number of thiazole rings is 1. The lowest BCUT2D eigenvalue weighted by atomic mass is 10.2. The van der Waals surface area contributed by atoms with Crippen molar-refractivity contribution < 1.29 is 18.3 Å². The fourth-order valence-corrected chi connectivity index (χ4v) is 4.19. The van der Waals surface area contributed by atoms with Gasteiger partial charge in [-0.05, 0) is 34.1 Å². The fourth-order valence-electron chi connectivity index (χ4n) is 1.31. The van der Waals surface area contributed by atoms with Crippen molar-refractivity contribution in [3.05, 3.63) is 38.8 Å². The van der Waals surface area contributed by atoms with Crippen LogP contribution in [-0.4, -0.2) is 24.5 Å². The Kier molecular flexibility index (Phi) is 4.33. The smallest absolute Gasteiger partial charge is 0.335 e. The van der Waals surface area contributed by atoms with Crippen LogP contribution in [0.5, 0.6) is 0 Å². The maximum absolute atomic E-state index is 12.2. The highest BCUT2D eigenvalue weighted by Gasteiger charge is 2.21. The molecule has 2 rings (SSSR count). The Balaban J connectivity index is 2.43. The minimum Gasteiger partial charge on any atom is -0.478 e. The van der Waals surface area contributed by atoms with Gasteiger partial charge in [-0.1, -0.05) is 22.9 Å². The van der Waals surface area contributed by atoms with E-state index >= 15 is 0 Å². The van der Waals surface area contributed by atoms with E-state index in [0.717, 1.165) is 17.4 Å². The molecule has 2 aromatic rings. The molecule has 0 aliphatic carbocycles. The third kappa shape index (κ3) is 3.29. The van der Waals surface area contributed by atoms with Gasteiger partial charge in [-0.15, -0.1) is 0 Å². The molecular weight excluding hydrogens is 392 g/mol. The Hall–Kier alpha value is -1.16. The molecule has 1 heterocycles. The molecule has 0 radical (unpaired) electrons. The molecule has 0 saturated carbocycles. The van der Waals surface area contributed by atoms with Crippen molar-refractivity contribution in [1.29, 1.82) is 0 Å². The van der Waals surface area contributed by atoms with Gasteiger partial charge in [0.15, 0.2) is 5.13 Å². The Morgan fingerprint density at radius 2 is 2.15 bits per heavy atom. The lowest BCUT2D eigenvalue weighted by molar-refractivity contribution is 0.0696. The first-order valence-electron chi connectivity index (χ1n) is 4.96. The van der Waals surface area contributed by atoms with Crippen molar-refractivity contribution in [3.8, 4) is 0 Å². The molecule has 0 atom stereocenters. The van der Waals surface area contributed by atoms with Crippen LogP contribution in [0.4, 0.5) is 5.13 Å². The lowest BCUT2D eigenvalue weighted by Crippen LogP contribution is -2.14. The largest absolute Gasteiger partial charge is 0.478 e. The van der Waals surface area contributed by atoms with Gasteiger partial charge in [0.05, 0.1) is 20.6 Å². The second-order valence-corrected chi connectivity index (χ2v) is 7.99. The predicted molar refractivity (Wildman–Crippen MR) is 79.0 cm³/mol. The minimum atomic E-state index is -4.00. The van der Waals surface area contributed by atoms with E-state index in [1.807, 2.05) is 0 Å². The number of hydrogen-bond acceptors (Lipinski definition) is 5. The number of halogens is 2. The second kappa shape index (κ2) is 5.68. The van der Waals surface area contributed by atoms with Crippen molar-refractivity contribution >= 4 is 60.0 Å². The quantitative estimate of drug-likeness (QED) is 0.826. The zero-order valence-electron chi connectivity index (χ0n) is 9.50.